The molecule has 1 aromatic carbocycles. The van der Waals surface area contributed by atoms with Crippen LogP contribution in [0.25, 0.3) is 0 Å². The number of nitrogens with one attached hydrogen (secondary N) is 1. The first kappa shape index (κ1) is 15.0. The Kier molecular flexibility index (Phi) is 5.62. The second-order valence-corrected chi connectivity index (χ2v) is 5.16. The van der Waals surface area contributed by atoms with Crippen LogP contribution in [0.2, 0.25) is 5.02 Å². The van der Waals surface area contributed by atoms with E-state index in [2.05, 4.69) is 21.2 Å². The molecule has 0 fully saturated rings. The minimum Gasteiger partial charge on any atom is -0.480 e. The van der Waals surface area contributed by atoms with Crippen molar-refractivity contribution >= 4 is 39.4 Å². The Morgan fingerprint density at radius 3 is 2.61 bits per heavy atom. The molecule has 1 aromatic rings. The van der Waals surface area contributed by atoms with Crippen molar-refractivity contribution in [1.82, 2.24) is 5.32 Å². The summed E-state index contributed by atoms with van der Waals surface area (Å²) in [7, 11) is 0. The van der Waals surface area contributed by atoms with E-state index in [-0.39, 0.29) is 0 Å². The van der Waals surface area contributed by atoms with Crippen LogP contribution in [0.3, 0.4) is 0 Å². The van der Waals surface area contributed by atoms with E-state index < -0.39 is 17.9 Å². The highest BCUT2D eigenvalue weighted by molar-refractivity contribution is 9.10. The zero-order valence-corrected chi connectivity index (χ0v) is 12.1. The Hall–Kier alpha value is -1.07. The van der Waals surface area contributed by atoms with Crippen molar-refractivity contribution < 1.29 is 14.7 Å². The second kappa shape index (κ2) is 6.75. The van der Waals surface area contributed by atoms with Gasteiger partial charge in [-0.2, -0.15) is 0 Å². The van der Waals surface area contributed by atoms with E-state index in [0.717, 1.165) is 0 Å². The Bertz CT molecular complexity index is 444. The van der Waals surface area contributed by atoms with E-state index in [1.165, 1.54) is 6.07 Å². The molecule has 0 radical (unpaired) electrons. The fraction of sp³-hybridized carbons (Fsp3) is 0.333. The van der Waals surface area contributed by atoms with E-state index in [4.69, 9.17) is 16.7 Å². The van der Waals surface area contributed by atoms with Gasteiger partial charge in [-0.3, -0.25) is 4.79 Å². The molecule has 18 heavy (non-hydrogen) atoms. The van der Waals surface area contributed by atoms with Crippen molar-refractivity contribution in [3.05, 3.63) is 33.3 Å². The van der Waals surface area contributed by atoms with Crippen LogP contribution >= 0.6 is 27.5 Å². The number of hydrogen-bond acceptors (Lipinski definition) is 2. The molecular formula is C12H13BrClNO3. The van der Waals surface area contributed by atoms with E-state index in [9.17, 15) is 9.59 Å². The quantitative estimate of drug-likeness (QED) is 0.869. The molecule has 0 heterocycles. The van der Waals surface area contributed by atoms with Crippen LogP contribution in [-0.2, 0) is 4.79 Å². The van der Waals surface area contributed by atoms with Crippen LogP contribution < -0.4 is 5.32 Å². The third kappa shape index (κ3) is 4.31. The van der Waals surface area contributed by atoms with E-state index >= 15 is 0 Å². The van der Waals surface area contributed by atoms with Gasteiger partial charge in [0, 0.05) is 15.1 Å². The summed E-state index contributed by atoms with van der Waals surface area (Å²) in [5, 5.41) is 11.8. The highest BCUT2D eigenvalue weighted by atomic mass is 79.9. The number of aliphatic carboxylic acids is 1. The first-order valence-corrected chi connectivity index (χ1v) is 6.61. The predicted octanol–water partition coefficient (Wildman–Crippen LogP) is 3.09. The predicted molar refractivity (Wildman–Crippen MR) is 73.0 cm³/mol. The molecule has 0 saturated heterocycles. The van der Waals surface area contributed by atoms with Gasteiger partial charge in [0.2, 0.25) is 0 Å². The molecule has 1 rings (SSSR count). The van der Waals surface area contributed by atoms with Gasteiger partial charge in [-0.25, -0.2) is 4.79 Å². The number of carboxylic acid groups (broad SMARTS) is 1. The fourth-order valence-electron chi connectivity index (χ4n) is 1.47. The molecule has 0 aliphatic heterocycles. The maximum absolute atomic E-state index is 11.9. The SMILES string of the molecule is CCC[C@H](NC(=O)c1cc(Cl)cc(Br)c1)C(=O)O. The summed E-state index contributed by atoms with van der Waals surface area (Å²) in [6.45, 7) is 1.86. The first-order chi connectivity index (χ1) is 8.43. The number of hydrogen-bond donors (Lipinski definition) is 2. The zero-order valence-electron chi connectivity index (χ0n) is 9.74. The maximum Gasteiger partial charge on any atom is 0.326 e. The first-order valence-electron chi connectivity index (χ1n) is 5.43. The number of carboxylic acids is 1. The van der Waals surface area contributed by atoms with Crippen molar-refractivity contribution in [3.8, 4) is 0 Å². The molecule has 4 nitrogen and oxygen atoms in total. The normalized spacial score (nSPS) is 11.9. The minimum absolute atomic E-state index is 0.330. The fourth-order valence-corrected chi connectivity index (χ4v) is 2.33. The lowest BCUT2D eigenvalue weighted by atomic mass is 10.1. The Labute approximate surface area is 118 Å². The minimum atomic E-state index is -1.04. The van der Waals surface area contributed by atoms with E-state index in [0.29, 0.717) is 27.9 Å². The number of carbonyl (C=O) groups excluding carboxylic acids is 1. The highest BCUT2D eigenvalue weighted by Gasteiger charge is 2.19. The summed E-state index contributed by atoms with van der Waals surface area (Å²) >= 11 is 9.05. The Morgan fingerprint density at radius 1 is 1.44 bits per heavy atom. The van der Waals surface area contributed by atoms with Crippen LogP contribution in [0.1, 0.15) is 30.1 Å². The molecule has 1 amide bonds. The van der Waals surface area contributed by atoms with Gasteiger partial charge < -0.3 is 10.4 Å². The van der Waals surface area contributed by atoms with Crippen LogP contribution in [0.5, 0.6) is 0 Å². The summed E-state index contributed by atoms with van der Waals surface area (Å²) in [4.78, 5) is 22.8. The summed E-state index contributed by atoms with van der Waals surface area (Å²) in [5.74, 6) is -1.48. The smallest absolute Gasteiger partial charge is 0.326 e. The van der Waals surface area contributed by atoms with E-state index in [1.54, 1.807) is 12.1 Å². The molecule has 98 valence electrons. The van der Waals surface area contributed by atoms with Crippen molar-refractivity contribution in [3.63, 3.8) is 0 Å². The molecule has 1 atom stereocenters. The van der Waals surface area contributed by atoms with Crippen molar-refractivity contribution in [2.45, 2.75) is 25.8 Å². The Balaban J connectivity index is 2.83. The van der Waals surface area contributed by atoms with Crippen molar-refractivity contribution in [1.29, 1.82) is 0 Å². The van der Waals surface area contributed by atoms with Gasteiger partial charge in [0.1, 0.15) is 6.04 Å². The van der Waals surface area contributed by atoms with Crippen LogP contribution in [0, 0.1) is 0 Å². The molecular weight excluding hydrogens is 321 g/mol. The summed E-state index contributed by atoms with van der Waals surface area (Å²) in [6, 6.07) is 3.86. The number of halogens is 2. The molecule has 0 bridgehead atoms. The summed E-state index contributed by atoms with van der Waals surface area (Å²) < 4.78 is 0.669. The maximum atomic E-state index is 11.9. The third-order valence-electron chi connectivity index (χ3n) is 2.31. The third-order valence-corrected chi connectivity index (χ3v) is 2.98. The van der Waals surface area contributed by atoms with Crippen LogP contribution in [-0.4, -0.2) is 23.0 Å². The van der Waals surface area contributed by atoms with Gasteiger partial charge in [0.15, 0.2) is 0 Å². The monoisotopic (exact) mass is 333 g/mol. The molecule has 0 unspecified atom stereocenters. The topological polar surface area (TPSA) is 66.4 Å². The largest absolute Gasteiger partial charge is 0.480 e. The molecule has 0 aliphatic carbocycles. The molecule has 0 spiro atoms. The van der Waals surface area contributed by atoms with Gasteiger partial charge in [0.25, 0.3) is 5.91 Å². The lowest BCUT2D eigenvalue weighted by molar-refractivity contribution is -0.139. The molecule has 6 heteroatoms. The van der Waals surface area contributed by atoms with Gasteiger partial charge in [-0.15, -0.1) is 0 Å². The molecule has 2 N–H and O–H groups in total. The summed E-state index contributed by atoms with van der Waals surface area (Å²) in [5.41, 5.74) is 0.330. The van der Waals surface area contributed by atoms with Crippen molar-refractivity contribution in [2.75, 3.05) is 0 Å². The molecule has 0 aliphatic rings. The van der Waals surface area contributed by atoms with Gasteiger partial charge in [-0.05, 0) is 24.6 Å². The van der Waals surface area contributed by atoms with Gasteiger partial charge in [-0.1, -0.05) is 40.9 Å². The standard InChI is InChI=1S/C12H13BrClNO3/c1-2-3-10(12(17)18)15-11(16)7-4-8(13)6-9(14)5-7/h4-6,10H,2-3H2,1H3,(H,15,16)(H,17,18)/t10-/m0/s1. The second-order valence-electron chi connectivity index (χ2n) is 3.81. The number of rotatable bonds is 5. The average Bonchev–Trinajstić information content (AvgIpc) is 2.26. The number of amides is 1. The lowest BCUT2D eigenvalue weighted by Crippen LogP contribution is -2.40. The van der Waals surface area contributed by atoms with E-state index in [1.807, 2.05) is 6.92 Å². The summed E-state index contributed by atoms with van der Waals surface area (Å²) in [6.07, 6.45) is 1.07. The molecule has 0 saturated carbocycles. The number of benzene rings is 1. The van der Waals surface area contributed by atoms with Crippen LogP contribution in [0.15, 0.2) is 22.7 Å². The Morgan fingerprint density at radius 2 is 2.11 bits per heavy atom. The molecule has 0 aromatic heterocycles. The highest BCUT2D eigenvalue weighted by Crippen LogP contribution is 2.19. The van der Waals surface area contributed by atoms with Gasteiger partial charge in [0.05, 0.1) is 0 Å². The van der Waals surface area contributed by atoms with Gasteiger partial charge >= 0.3 is 5.97 Å². The zero-order chi connectivity index (χ0) is 13.7. The number of carbonyl (C=O) groups is 2. The van der Waals surface area contributed by atoms with Crippen molar-refractivity contribution in [2.24, 2.45) is 0 Å². The van der Waals surface area contributed by atoms with Crippen LogP contribution in [0.4, 0.5) is 0 Å². The lowest BCUT2D eigenvalue weighted by Gasteiger charge is -2.13. The average molecular weight is 335 g/mol.